The Morgan fingerprint density at radius 3 is 2.52 bits per heavy atom. The van der Waals surface area contributed by atoms with Crippen molar-refractivity contribution in [2.45, 2.75) is 53.3 Å². The number of ether oxygens (including phenoxy) is 2. The maximum atomic E-state index is 12.3. The maximum Gasteiger partial charge on any atom is 0.416 e. The van der Waals surface area contributed by atoms with Gasteiger partial charge in [-0.05, 0) is 42.0 Å². The van der Waals surface area contributed by atoms with E-state index in [9.17, 15) is 13.6 Å². The summed E-state index contributed by atoms with van der Waals surface area (Å²) in [5, 5.41) is 2.44. The molecule has 0 bridgehead atoms. The summed E-state index contributed by atoms with van der Waals surface area (Å²) in [5.41, 5.74) is 4.19. The van der Waals surface area contributed by atoms with Gasteiger partial charge in [-0.1, -0.05) is 51.1 Å². The molecule has 6 heteroatoms. The zero-order valence-corrected chi connectivity index (χ0v) is 16.0. The molecule has 0 spiro atoms. The van der Waals surface area contributed by atoms with Crippen molar-refractivity contribution in [3.8, 4) is 5.75 Å². The van der Waals surface area contributed by atoms with Crippen LogP contribution in [-0.2, 0) is 17.8 Å². The number of amides is 1. The molecule has 2 aromatic rings. The zero-order chi connectivity index (χ0) is 20.0. The van der Waals surface area contributed by atoms with Crippen molar-refractivity contribution in [3.05, 3.63) is 58.7 Å². The van der Waals surface area contributed by atoms with Crippen LogP contribution in [0.15, 0.2) is 36.4 Å². The first kappa shape index (κ1) is 20.7. The number of aryl methyl sites for hydroxylation is 2. The lowest BCUT2D eigenvalue weighted by atomic mass is 9.98. The second kappa shape index (κ2) is 9.35. The Bertz CT molecular complexity index is 791. The van der Waals surface area contributed by atoms with Crippen LogP contribution in [0.3, 0.4) is 0 Å². The molecule has 0 atom stereocenters. The molecule has 0 fully saturated rings. The van der Waals surface area contributed by atoms with E-state index in [1.54, 1.807) is 6.07 Å². The zero-order valence-electron chi connectivity index (χ0n) is 16.0. The van der Waals surface area contributed by atoms with Gasteiger partial charge in [0.2, 0.25) is 0 Å². The Labute approximate surface area is 158 Å². The molecular weight excluding hydrogens is 352 g/mol. The molecule has 0 aliphatic rings. The number of anilines is 1. The lowest BCUT2D eigenvalue weighted by Gasteiger charge is -2.19. The van der Waals surface area contributed by atoms with Crippen LogP contribution in [0, 0.1) is 6.92 Å². The van der Waals surface area contributed by atoms with Crippen molar-refractivity contribution in [2.75, 3.05) is 5.32 Å². The summed E-state index contributed by atoms with van der Waals surface area (Å²) >= 11 is 0. The fourth-order valence-corrected chi connectivity index (χ4v) is 2.84. The molecule has 4 nitrogen and oxygen atoms in total. The number of carbonyl (C=O) groups excluding carboxylic acids is 1. The van der Waals surface area contributed by atoms with Crippen LogP contribution in [0.1, 0.15) is 48.9 Å². The van der Waals surface area contributed by atoms with Crippen LogP contribution >= 0.6 is 0 Å². The first-order valence-electron chi connectivity index (χ1n) is 8.91. The molecule has 0 unspecified atom stereocenters. The number of halogens is 2. The number of para-hydroxylation sites is 1. The molecule has 0 radical (unpaired) electrons. The lowest BCUT2D eigenvalue weighted by molar-refractivity contribution is -0.0766. The Kier molecular flexibility index (Phi) is 7.16. The highest BCUT2D eigenvalue weighted by Crippen LogP contribution is 2.30. The summed E-state index contributed by atoms with van der Waals surface area (Å²) in [7, 11) is 0. The van der Waals surface area contributed by atoms with Crippen molar-refractivity contribution in [1.29, 1.82) is 0 Å². The molecule has 0 aliphatic carbocycles. The molecule has 146 valence electrons. The van der Waals surface area contributed by atoms with Gasteiger partial charge in [0.1, 0.15) is 12.4 Å². The molecule has 0 aromatic heterocycles. The van der Waals surface area contributed by atoms with Crippen molar-refractivity contribution >= 4 is 11.8 Å². The van der Waals surface area contributed by atoms with E-state index in [4.69, 9.17) is 4.74 Å². The highest BCUT2D eigenvalue weighted by Gasteiger charge is 2.17. The predicted octanol–water partition coefficient (Wildman–Crippen LogP) is 6.03. The van der Waals surface area contributed by atoms with E-state index < -0.39 is 12.7 Å². The second-order valence-corrected chi connectivity index (χ2v) is 6.57. The summed E-state index contributed by atoms with van der Waals surface area (Å²) in [6.45, 7) is 4.99. The summed E-state index contributed by atoms with van der Waals surface area (Å²) in [5.74, 6) is 0.820. The molecule has 1 N–H and O–H groups in total. The van der Waals surface area contributed by atoms with Crippen LogP contribution in [0.2, 0.25) is 0 Å². The van der Waals surface area contributed by atoms with E-state index in [1.165, 1.54) is 5.56 Å². The van der Waals surface area contributed by atoms with Crippen molar-refractivity contribution in [3.63, 3.8) is 0 Å². The summed E-state index contributed by atoms with van der Waals surface area (Å²) in [6, 6.07) is 11.5. The quantitative estimate of drug-likeness (QED) is 0.641. The van der Waals surface area contributed by atoms with Gasteiger partial charge in [0.05, 0.1) is 5.69 Å². The van der Waals surface area contributed by atoms with Crippen LogP contribution in [0.4, 0.5) is 19.3 Å². The molecule has 0 heterocycles. The summed E-state index contributed by atoms with van der Waals surface area (Å²) in [4.78, 5) is 11.7. The predicted molar refractivity (Wildman–Crippen MR) is 102 cm³/mol. The van der Waals surface area contributed by atoms with Gasteiger partial charge in [0.15, 0.2) is 0 Å². The standard InChI is InChI=1S/C21H25F2NO3/c1-5-15-9-10-18(14(4)11-15)26-12-16-7-6-8-17(13(2)3)19(16)24-21(25)27-20(22)23/h6-11,13,20H,5,12H2,1-4H3,(H,24,25). The third-order valence-corrected chi connectivity index (χ3v) is 4.26. The number of hydrogen-bond acceptors (Lipinski definition) is 3. The number of carbonyl (C=O) groups is 1. The Morgan fingerprint density at radius 1 is 1.19 bits per heavy atom. The first-order chi connectivity index (χ1) is 12.8. The minimum atomic E-state index is -3.17. The Hall–Kier alpha value is -2.63. The van der Waals surface area contributed by atoms with Crippen molar-refractivity contribution < 1.29 is 23.0 Å². The second-order valence-electron chi connectivity index (χ2n) is 6.57. The van der Waals surface area contributed by atoms with Gasteiger partial charge in [-0.25, -0.2) is 4.79 Å². The number of benzene rings is 2. The van der Waals surface area contributed by atoms with Crippen molar-refractivity contribution in [2.24, 2.45) is 0 Å². The SMILES string of the molecule is CCc1ccc(OCc2cccc(C(C)C)c2NC(=O)OC(F)F)c(C)c1. The van der Waals surface area contributed by atoms with Gasteiger partial charge >= 0.3 is 12.7 Å². The highest BCUT2D eigenvalue weighted by atomic mass is 19.3. The summed E-state index contributed by atoms with van der Waals surface area (Å²) in [6.07, 6.45) is -0.249. The van der Waals surface area contributed by atoms with Gasteiger partial charge in [-0.3, -0.25) is 5.32 Å². The van der Waals surface area contributed by atoms with E-state index in [-0.39, 0.29) is 12.5 Å². The monoisotopic (exact) mass is 377 g/mol. The van der Waals surface area contributed by atoms with E-state index in [1.807, 2.05) is 45.0 Å². The number of nitrogens with one attached hydrogen (secondary N) is 1. The largest absolute Gasteiger partial charge is 0.489 e. The van der Waals surface area contributed by atoms with Crippen LogP contribution in [-0.4, -0.2) is 12.7 Å². The van der Waals surface area contributed by atoms with Gasteiger partial charge in [-0.2, -0.15) is 8.78 Å². The van der Waals surface area contributed by atoms with E-state index in [0.717, 1.165) is 23.3 Å². The fourth-order valence-electron chi connectivity index (χ4n) is 2.84. The van der Waals surface area contributed by atoms with Crippen LogP contribution in [0.5, 0.6) is 5.75 Å². The normalized spacial score (nSPS) is 11.0. The minimum Gasteiger partial charge on any atom is -0.489 e. The Balaban J connectivity index is 2.25. The first-order valence-corrected chi connectivity index (χ1v) is 8.91. The van der Waals surface area contributed by atoms with Gasteiger partial charge in [0, 0.05) is 5.56 Å². The minimum absolute atomic E-state index is 0.0809. The fraction of sp³-hybridized carbons (Fsp3) is 0.381. The highest BCUT2D eigenvalue weighted by molar-refractivity contribution is 5.87. The molecule has 0 aliphatic heterocycles. The smallest absolute Gasteiger partial charge is 0.416 e. The van der Waals surface area contributed by atoms with Gasteiger partial charge in [0.25, 0.3) is 0 Å². The molecule has 27 heavy (non-hydrogen) atoms. The molecule has 1 amide bonds. The Morgan fingerprint density at radius 2 is 1.93 bits per heavy atom. The molecule has 0 saturated carbocycles. The average molecular weight is 377 g/mol. The van der Waals surface area contributed by atoms with E-state index in [0.29, 0.717) is 11.3 Å². The third-order valence-electron chi connectivity index (χ3n) is 4.26. The molecule has 0 saturated heterocycles. The van der Waals surface area contributed by atoms with E-state index in [2.05, 4.69) is 23.0 Å². The van der Waals surface area contributed by atoms with Crippen LogP contribution < -0.4 is 10.1 Å². The lowest BCUT2D eigenvalue weighted by Crippen LogP contribution is -2.19. The third kappa shape index (κ3) is 5.67. The number of rotatable bonds is 7. The maximum absolute atomic E-state index is 12.3. The summed E-state index contributed by atoms with van der Waals surface area (Å²) < 4.78 is 34.5. The molecule has 2 rings (SSSR count). The van der Waals surface area contributed by atoms with Crippen molar-refractivity contribution in [1.82, 2.24) is 0 Å². The van der Waals surface area contributed by atoms with Crippen LogP contribution in [0.25, 0.3) is 0 Å². The average Bonchev–Trinajstić information content (AvgIpc) is 2.60. The van der Waals surface area contributed by atoms with E-state index >= 15 is 0 Å². The van der Waals surface area contributed by atoms with Gasteiger partial charge in [-0.15, -0.1) is 0 Å². The molecular formula is C21H25F2NO3. The topological polar surface area (TPSA) is 47.6 Å². The molecule has 2 aromatic carbocycles. The number of alkyl halides is 2. The number of hydrogen-bond donors (Lipinski definition) is 1. The van der Waals surface area contributed by atoms with Gasteiger partial charge < -0.3 is 9.47 Å².